The van der Waals surface area contributed by atoms with Gasteiger partial charge in [0.05, 0.1) is 10.7 Å². The van der Waals surface area contributed by atoms with Gasteiger partial charge in [0.2, 0.25) is 0 Å². The number of halogens is 1. The number of benzene rings is 2. The normalized spacial score (nSPS) is 10.5. The molecule has 0 spiro atoms. The van der Waals surface area contributed by atoms with E-state index in [1.54, 1.807) is 0 Å². The van der Waals surface area contributed by atoms with Gasteiger partial charge in [0, 0.05) is 12.7 Å². The third kappa shape index (κ3) is 3.96. The number of thiocarbonyl (C=S) groups is 1. The number of nitrogens with zero attached hydrogens (tertiary/aromatic N) is 1. The molecule has 0 fully saturated rings. The van der Waals surface area contributed by atoms with E-state index >= 15 is 0 Å². The SMILES string of the molecule is CC(C)c1cccc(NC(=S)N(C)c2ccccc2Cl)c1. The summed E-state index contributed by atoms with van der Waals surface area (Å²) in [6.45, 7) is 4.35. The maximum Gasteiger partial charge on any atom is 0.177 e. The Bertz CT molecular complexity index is 640. The van der Waals surface area contributed by atoms with E-state index in [1.165, 1.54) is 5.56 Å². The first kappa shape index (κ1) is 15.8. The fourth-order valence-electron chi connectivity index (χ4n) is 2.02. The molecule has 0 saturated carbocycles. The van der Waals surface area contributed by atoms with Gasteiger partial charge in [-0.2, -0.15) is 0 Å². The summed E-state index contributed by atoms with van der Waals surface area (Å²) >= 11 is 11.7. The van der Waals surface area contributed by atoms with E-state index in [1.807, 2.05) is 48.3 Å². The number of hydrogen-bond acceptors (Lipinski definition) is 1. The van der Waals surface area contributed by atoms with Crippen molar-refractivity contribution in [1.82, 2.24) is 0 Å². The second-order valence-corrected chi connectivity index (χ2v) is 6.01. The van der Waals surface area contributed by atoms with Gasteiger partial charge in [0.15, 0.2) is 5.11 Å². The Morgan fingerprint density at radius 2 is 1.86 bits per heavy atom. The molecule has 0 aliphatic carbocycles. The van der Waals surface area contributed by atoms with Gasteiger partial charge in [-0.1, -0.05) is 49.7 Å². The molecule has 2 aromatic rings. The highest BCUT2D eigenvalue weighted by Gasteiger charge is 2.10. The van der Waals surface area contributed by atoms with Crippen molar-refractivity contribution in [1.29, 1.82) is 0 Å². The summed E-state index contributed by atoms with van der Waals surface area (Å²) < 4.78 is 0. The molecular weight excluding hydrogens is 300 g/mol. The van der Waals surface area contributed by atoms with Gasteiger partial charge in [-0.25, -0.2) is 0 Å². The molecular formula is C17H19ClN2S. The van der Waals surface area contributed by atoms with Gasteiger partial charge in [0.25, 0.3) is 0 Å². The van der Waals surface area contributed by atoms with Crippen molar-refractivity contribution < 1.29 is 0 Å². The zero-order chi connectivity index (χ0) is 15.4. The molecule has 0 atom stereocenters. The van der Waals surface area contributed by atoms with Crippen LogP contribution in [0, 0.1) is 0 Å². The Hall–Kier alpha value is -1.58. The quantitative estimate of drug-likeness (QED) is 0.773. The number of anilines is 2. The van der Waals surface area contributed by atoms with Crippen LogP contribution in [0.25, 0.3) is 0 Å². The monoisotopic (exact) mass is 318 g/mol. The first-order chi connectivity index (χ1) is 9.99. The second kappa shape index (κ2) is 6.92. The number of hydrogen-bond donors (Lipinski definition) is 1. The highest BCUT2D eigenvalue weighted by atomic mass is 35.5. The van der Waals surface area contributed by atoms with Crippen molar-refractivity contribution in [3.8, 4) is 0 Å². The maximum atomic E-state index is 6.20. The molecule has 1 N–H and O–H groups in total. The van der Waals surface area contributed by atoms with Crippen LogP contribution in [0.5, 0.6) is 0 Å². The van der Waals surface area contributed by atoms with E-state index in [9.17, 15) is 0 Å². The number of rotatable bonds is 3. The molecule has 0 amide bonds. The first-order valence-electron chi connectivity index (χ1n) is 6.88. The van der Waals surface area contributed by atoms with Crippen LogP contribution in [-0.2, 0) is 0 Å². The maximum absolute atomic E-state index is 6.20. The average Bonchev–Trinajstić information content (AvgIpc) is 2.47. The van der Waals surface area contributed by atoms with Crippen molar-refractivity contribution in [2.24, 2.45) is 0 Å². The number of para-hydroxylation sites is 1. The Morgan fingerprint density at radius 3 is 2.52 bits per heavy atom. The van der Waals surface area contributed by atoms with E-state index in [4.69, 9.17) is 23.8 Å². The van der Waals surface area contributed by atoms with Crippen LogP contribution in [-0.4, -0.2) is 12.2 Å². The summed E-state index contributed by atoms with van der Waals surface area (Å²) in [6, 6.07) is 15.9. The molecule has 0 aliphatic rings. The third-order valence-corrected chi connectivity index (χ3v) is 4.02. The highest BCUT2D eigenvalue weighted by molar-refractivity contribution is 7.80. The Balaban J connectivity index is 2.14. The molecule has 2 nitrogen and oxygen atoms in total. The first-order valence-corrected chi connectivity index (χ1v) is 7.67. The zero-order valence-corrected chi connectivity index (χ0v) is 14.0. The lowest BCUT2D eigenvalue weighted by Crippen LogP contribution is -2.31. The lowest BCUT2D eigenvalue weighted by Gasteiger charge is -2.22. The van der Waals surface area contributed by atoms with Gasteiger partial charge in [-0.05, 0) is 48.0 Å². The van der Waals surface area contributed by atoms with E-state index in [2.05, 4.69) is 31.3 Å². The Morgan fingerprint density at radius 1 is 1.14 bits per heavy atom. The second-order valence-electron chi connectivity index (χ2n) is 5.22. The summed E-state index contributed by atoms with van der Waals surface area (Å²) in [5.74, 6) is 0.488. The van der Waals surface area contributed by atoms with E-state index in [0.29, 0.717) is 16.1 Å². The third-order valence-electron chi connectivity index (χ3n) is 3.32. The fraction of sp³-hybridized carbons (Fsp3) is 0.235. The van der Waals surface area contributed by atoms with Crippen LogP contribution in [0.4, 0.5) is 11.4 Å². The summed E-state index contributed by atoms with van der Waals surface area (Å²) in [6.07, 6.45) is 0. The highest BCUT2D eigenvalue weighted by Crippen LogP contribution is 2.25. The van der Waals surface area contributed by atoms with Crippen molar-refractivity contribution in [2.75, 3.05) is 17.3 Å². The molecule has 0 unspecified atom stereocenters. The summed E-state index contributed by atoms with van der Waals surface area (Å²) in [5.41, 5.74) is 3.16. The Labute approximate surface area is 136 Å². The van der Waals surface area contributed by atoms with Crippen LogP contribution in [0.3, 0.4) is 0 Å². The minimum atomic E-state index is 0.488. The molecule has 0 radical (unpaired) electrons. The van der Waals surface area contributed by atoms with Gasteiger partial charge in [-0.15, -0.1) is 0 Å². The van der Waals surface area contributed by atoms with Crippen molar-refractivity contribution >= 4 is 40.3 Å². The van der Waals surface area contributed by atoms with E-state index in [0.717, 1.165) is 11.4 Å². The topological polar surface area (TPSA) is 15.3 Å². The lowest BCUT2D eigenvalue weighted by atomic mass is 10.0. The van der Waals surface area contributed by atoms with Crippen molar-refractivity contribution in [3.63, 3.8) is 0 Å². The molecule has 0 aromatic heterocycles. The van der Waals surface area contributed by atoms with Crippen molar-refractivity contribution in [3.05, 3.63) is 59.1 Å². The zero-order valence-electron chi connectivity index (χ0n) is 12.4. The fourth-order valence-corrected chi connectivity index (χ4v) is 2.49. The molecule has 0 aliphatic heterocycles. The van der Waals surface area contributed by atoms with Crippen LogP contribution in [0.15, 0.2) is 48.5 Å². The largest absolute Gasteiger partial charge is 0.332 e. The summed E-state index contributed by atoms with van der Waals surface area (Å²) in [4.78, 5) is 1.87. The molecule has 110 valence electrons. The Kier molecular flexibility index (Phi) is 5.21. The summed E-state index contributed by atoms with van der Waals surface area (Å²) in [5, 5.41) is 4.56. The molecule has 2 aromatic carbocycles. The van der Waals surface area contributed by atoms with Gasteiger partial charge >= 0.3 is 0 Å². The molecule has 2 rings (SSSR count). The van der Waals surface area contributed by atoms with Crippen LogP contribution >= 0.6 is 23.8 Å². The lowest BCUT2D eigenvalue weighted by molar-refractivity contribution is 0.867. The standard InChI is InChI=1S/C17H19ClN2S/c1-12(2)13-7-6-8-14(11-13)19-17(21)20(3)16-10-5-4-9-15(16)18/h4-12H,1-3H3,(H,19,21). The van der Waals surface area contributed by atoms with E-state index in [-0.39, 0.29) is 0 Å². The molecule has 4 heteroatoms. The van der Waals surface area contributed by atoms with E-state index < -0.39 is 0 Å². The van der Waals surface area contributed by atoms with Crippen LogP contribution in [0.1, 0.15) is 25.3 Å². The predicted octanol–water partition coefficient (Wildman–Crippen LogP) is 5.30. The molecule has 0 saturated heterocycles. The van der Waals surface area contributed by atoms with Gasteiger partial charge < -0.3 is 10.2 Å². The number of nitrogens with one attached hydrogen (secondary N) is 1. The van der Waals surface area contributed by atoms with Crippen molar-refractivity contribution in [2.45, 2.75) is 19.8 Å². The summed E-state index contributed by atoms with van der Waals surface area (Å²) in [7, 11) is 1.91. The molecule has 0 bridgehead atoms. The molecule has 0 heterocycles. The van der Waals surface area contributed by atoms with Crippen LogP contribution < -0.4 is 10.2 Å². The smallest absolute Gasteiger partial charge is 0.177 e. The molecule has 21 heavy (non-hydrogen) atoms. The minimum absolute atomic E-state index is 0.488. The minimum Gasteiger partial charge on any atom is -0.332 e. The predicted molar refractivity (Wildman–Crippen MR) is 96.6 cm³/mol. The van der Waals surface area contributed by atoms with Gasteiger partial charge in [-0.3, -0.25) is 0 Å². The van der Waals surface area contributed by atoms with Gasteiger partial charge in [0.1, 0.15) is 0 Å². The van der Waals surface area contributed by atoms with Crippen LogP contribution in [0.2, 0.25) is 5.02 Å². The average molecular weight is 319 g/mol.